The van der Waals surface area contributed by atoms with Gasteiger partial charge < -0.3 is 0 Å². The van der Waals surface area contributed by atoms with Gasteiger partial charge >= 0.3 is 0 Å². The second-order valence-corrected chi connectivity index (χ2v) is 11.9. The highest BCUT2D eigenvalue weighted by molar-refractivity contribution is 4.86. The first-order valence-corrected chi connectivity index (χ1v) is 16.8. The number of aryl methyl sites for hydroxylation is 1. The monoisotopic (exact) mass is 504 g/mol. The SMILES string of the molecule is CCCCCCCCCCCCCCC[n+]1ccn(C(C)C)c1CCCCCCCCCCCCC. The molecule has 0 radical (unpaired) electrons. The summed E-state index contributed by atoms with van der Waals surface area (Å²) in [6.45, 7) is 10.5. The smallest absolute Gasteiger partial charge is 0.234 e. The van der Waals surface area contributed by atoms with Crippen LogP contribution in [0.4, 0.5) is 0 Å². The lowest BCUT2D eigenvalue weighted by molar-refractivity contribution is -0.704. The molecule has 0 aliphatic carbocycles. The van der Waals surface area contributed by atoms with E-state index in [1.165, 1.54) is 167 Å². The van der Waals surface area contributed by atoms with Crippen molar-refractivity contribution in [3.8, 4) is 0 Å². The molecule has 0 aliphatic rings. The minimum atomic E-state index is 0.570. The van der Waals surface area contributed by atoms with E-state index < -0.39 is 0 Å². The third-order valence-electron chi connectivity index (χ3n) is 8.10. The van der Waals surface area contributed by atoms with Crippen molar-refractivity contribution in [2.45, 2.75) is 201 Å². The molecule has 1 rings (SSSR count). The van der Waals surface area contributed by atoms with E-state index in [2.05, 4.69) is 49.2 Å². The molecule has 0 unspecified atom stereocenters. The molecular weight excluding hydrogens is 436 g/mol. The van der Waals surface area contributed by atoms with Gasteiger partial charge in [0.2, 0.25) is 0 Å². The molecule has 0 aromatic carbocycles. The summed E-state index contributed by atoms with van der Waals surface area (Å²) in [6, 6.07) is 0.570. The first kappa shape index (κ1) is 33.2. The summed E-state index contributed by atoms with van der Waals surface area (Å²) < 4.78 is 5.10. The van der Waals surface area contributed by atoms with Gasteiger partial charge in [-0.25, -0.2) is 9.13 Å². The average molecular weight is 504 g/mol. The molecule has 1 aromatic heterocycles. The van der Waals surface area contributed by atoms with Crippen molar-refractivity contribution in [3.63, 3.8) is 0 Å². The lowest BCUT2D eigenvalue weighted by Gasteiger charge is -2.08. The van der Waals surface area contributed by atoms with E-state index in [9.17, 15) is 0 Å². The maximum atomic E-state index is 2.58. The van der Waals surface area contributed by atoms with Crippen LogP contribution in [0.2, 0.25) is 0 Å². The van der Waals surface area contributed by atoms with Gasteiger partial charge in [0.25, 0.3) is 5.82 Å². The van der Waals surface area contributed by atoms with E-state index in [0.717, 1.165) is 0 Å². The van der Waals surface area contributed by atoms with Crippen LogP contribution in [-0.2, 0) is 13.0 Å². The van der Waals surface area contributed by atoms with Gasteiger partial charge in [0.1, 0.15) is 12.4 Å². The minimum Gasteiger partial charge on any atom is -0.234 e. The molecule has 0 N–H and O–H groups in total. The molecule has 0 spiro atoms. The topological polar surface area (TPSA) is 8.81 Å². The fourth-order valence-corrected chi connectivity index (χ4v) is 5.67. The van der Waals surface area contributed by atoms with E-state index in [-0.39, 0.29) is 0 Å². The Hall–Kier alpha value is -0.790. The van der Waals surface area contributed by atoms with E-state index in [1.807, 2.05) is 0 Å². The van der Waals surface area contributed by atoms with Gasteiger partial charge in [0.15, 0.2) is 0 Å². The maximum Gasteiger partial charge on any atom is 0.256 e. The molecule has 0 amide bonds. The highest BCUT2D eigenvalue weighted by Gasteiger charge is 2.18. The number of imidazole rings is 1. The van der Waals surface area contributed by atoms with Crippen LogP contribution in [0.3, 0.4) is 0 Å². The summed E-state index contributed by atoms with van der Waals surface area (Å²) in [4.78, 5) is 0. The molecule has 0 saturated heterocycles. The molecule has 1 aromatic rings. The van der Waals surface area contributed by atoms with Crippen molar-refractivity contribution in [1.29, 1.82) is 0 Å². The third kappa shape index (κ3) is 17.6. The van der Waals surface area contributed by atoms with Gasteiger partial charge in [-0.05, 0) is 33.1 Å². The number of hydrogen-bond acceptors (Lipinski definition) is 0. The van der Waals surface area contributed by atoms with E-state index in [1.54, 1.807) is 5.82 Å². The van der Waals surface area contributed by atoms with Crippen LogP contribution in [0.25, 0.3) is 0 Å². The van der Waals surface area contributed by atoms with Crippen molar-refractivity contribution in [2.24, 2.45) is 0 Å². The molecule has 0 fully saturated rings. The lowest BCUT2D eigenvalue weighted by atomic mass is 10.0. The van der Waals surface area contributed by atoms with Crippen LogP contribution in [0.15, 0.2) is 12.4 Å². The molecule has 36 heavy (non-hydrogen) atoms. The minimum absolute atomic E-state index is 0.570. The van der Waals surface area contributed by atoms with E-state index in [0.29, 0.717) is 6.04 Å². The molecule has 0 saturated carbocycles. The first-order valence-electron chi connectivity index (χ1n) is 16.8. The number of rotatable bonds is 27. The maximum absolute atomic E-state index is 2.58. The number of unbranched alkanes of at least 4 members (excludes halogenated alkanes) is 22. The third-order valence-corrected chi connectivity index (χ3v) is 8.10. The molecule has 2 heteroatoms. The summed E-state index contributed by atoms with van der Waals surface area (Å²) in [5.41, 5.74) is 0. The molecule has 212 valence electrons. The Balaban J connectivity index is 2.10. The summed E-state index contributed by atoms with van der Waals surface area (Å²) in [5, 5.41) is 0. The lowest BCUT2D eigenvalue weighted by Crippen LogP contribution is -2.37. The van der Waals surface area contributed by atoms with Gasteiger partial charge in [-0.1, -0.05) is 149 Å². The van der Waals surface area contributed by atoms with E-state index in [4.69, 9.17) is 0 Å². The average Bonchev–Trinajstić information content (AvgIpc) is 3.28. The van der Waals surface area contributed by atoms with Crippen LogP contribution in [0.5, 0.6) is 0 Å². The Morgan fingerprint density at radius 1 is 0.528 bits per heavy atom. The van der Waals surface area contributed by atoms with Gasteiger partial charge in [0.05, 0.1) is 12.6 Å². The summed E-state index contributed by atoms with van der Waals surface area (Å²) >= 11 is 0. The largest absolute Gasteiger partial charge is 0.256 e. The molecule has 0 aliphatic heterocycles. The highest BCUT2D eigenvalue weighted by atomic mass is 15.2. The summed E-state index contributed by atoms with van der Waals surface area (Å²) in [7, 11) is 0. The number of aromatic nitrogens is 2. The zero-order chi connectivity index (χ0) is 26.1. The fraction of sp³-hybridized carbons (Fsp3) is 0.912. The highest BCUT2D eigenvalue weighted by Crippen LogP contribution is 2.15. The van der Waals surface area contributed by atoms with Crippen LogP contribution in [0, 0.1) is 0 Å². The van der Waals surface area contributed by atoms with Crippen LogP contribution in [-0.4, -0.2) is 4.57 Å². The van der Waals surface area contributed by atoms with Crippen LogP contribution >= 0.6 is 0 Å². The van der Waals surface area contributed by atoms with E-state index >= 15 is 0 Å². The van der Waals surface area contributed by atoms with Gasteiger partial charge in [-0.15, -0.1) is 0 Å². The zero-order valence-corrected chi connectivity index (χ0v) is 25.5. The summed E-state index contributed by atoms with van der Waals surface area (Å²) in [5.74, 6) is 1.57. The van der Waals surface area contributed by atoms with Gasteiger partial charge in [0, 0.05) is 6.42 Å². The van der Waals surface area contributed by atoms with Crippen LogP contribution < -0.4 is 4.57 Å². The normalized spacial score (nSPS) is 11.7. The first-order chi connectivity index (χ1) is 17.7. The molecule has 0 bridgehead atoms. The quantitative estimate of drug-likeness (QED) is 0.0833. The van der Waals surface area contributed by atoms with Crippen molar-refractivity contribution in [3.05, 3.63) is 18.2 Å². The second-order valence-electron chi connectivity index (χ2n) is 11.9. The molecular formula is C34H67N2+. The Bertz CT molecular complexity index is 574. The van der Waals surface area contributed by atoms with Crippen molar-refractivity contribution >= 4 is 0 Å². The summed E-state index contributed by atoms with van der Waals surface area (Å²) in [6.07, 6.45) is 40.3. The number of nitrogens with zero attached hydrogens (tertiary/aromatic N) is 2. The zero-order valence-electron chi connectivity index (χ0n) is 25.5. The Morgan fingerprint density at radius 3 is 1.28 bits per heavy atom. The van der Waals surface area contributed by atoms with Crippen molar-refractivity contribution in [1.82, 2.24) is 4.57 Å². The fourth-order valence-electron chi connectivity index (χ4n) is 5.67. The standard InChI is InChI=1S/C34H67N2/c1-5-7-9-11-13-15-17-18-20-22-24-26-28-30-35-31-32-36(33(3)4)34(35)29-27-25-23-21-19-16-14-12-10-8-6-2/h31-33H,5-30H2,1-4H3/q+1. The Labute approximate surface area is 228 Å². The molecule has 1 heterocycles. The predicted molar refractivity (Wildman–Crippen MR) is 161 cm³/mol. The number of hydrogen-bond donors (Lipinski definition) is 0. The second kappa shape index (κ2) is 24.5. The van der Waals surface area contributed by atoms with Crippen molar-refractivity contribution < 1.29 is 4.57 Å². The molecule has 0 atom stereocenters. The molecule has 2 nitrogen and oxygen atoms in total. The predicted octanol–water partition coefficient (Wildman–Crippen LogP) is 11.3. The van der Waals surface area contributed by atoms with Gasteiger partial charge in [-0.2, -0.15) is 0 Å². The van der Waals surface area contributed by atoms with Crippen molar-refractivity contribution in [2.75, 3.05) is 0 Å². The van der Waals surface area contributed by atoms with Gasteiger partial charge in [-0.3, -0.25) is 0 Å². The Kier molecular flexibility index (Phi) is 22.7. The Morgan fingerprint density at radius 2 is 0.889 bits per heavy atom. The van der Waals surface area contributed by atoms with Crippen LogP contribution in [0.1, 0.15) is 194 Å².